The van der Waals surface area contributed by atoms with Crippen molar-refractivity contribution in [1.29, 1.82) is 0 Å². The molecule has 0 aromatic heterocycles. The molecule has 1 atom stereocenters. The van der Waals surface area contributed by atoms with Gasteiger partial charge < -0.3 is 9.84 Å². The number of alkyl halides is 3. The summed E-state index contributed by atoms with van der Waals surface area (Å²) in [6.07, 6.45) is -0.991. The van der Waals surface area contributed by atoms with E-state index in [1.165, 1.54) is 6.92 Å². The Labute approximate surface area is 89.8 Å². The summed E-state index contributed by atoms with van der Waals surface area (Å²) >= 11 is 0. The largest absolute Gasteiger partial charge is 0.522 e. The Morgan fingerprint density at radius 1 is 1.44 bits per heavy atom. The summed E-state index contributed by atoms with van der Waals surface area (Å²) in [7, 11) is -5.84. The fourth-order valence-electron chi connectivity index (χ4n) is 0.263. The first-order chi connectivity index (χ1) is 6.93. The molecule has 0 radical (unpaired) electrons. The molecular weight excluding hydrogens is 257 g/mol. The predicted molar refractivity (Wildman–Crippen MR) is 45.9 cm³/mol. The summed E-state index contributed by atoms with van der Waals surface area (Å²) < 4.78 is 62.0. The standard InChI is InChI=1S/C5H10O3.CHF3O3S/c1-3-8-5(7)4(2)6;2-1(3,4)8(5,6)7/h4,6H,3H2,1-2H3;(H,5,6,7). The van der Waals surface area contributed by atoms with Gasteiger partial charge in [-0.25, -0.2) is 4.79 Å². The van der Waals surface area contributed by atoms with E-state index in [-0.39, 0.29) is 0 Å². The van der Waals surface area contributed by atoms with Gasteiger partial charge >= 0.3 is 21.6 Å². The van der Waals surface area contributed by atoms with Crippen LogP contribution in [-0.4, -0.2) is 42.3 Å². The Bertz CT molecular complexity index is 307. The van der Waals surface area contributed by atoms with Gasteiger partial charge in [0.05, 0.1) is 6.61 Å². The van der Waals surface area contributed by atoms with Gasteiger partial charge in [0.15, 0.2) is 0 Å². The number of rotatable bonds is 2. The lowest BCUT2D eigenvalue weighted by atomic mass is 10.4. The van der Waals surface area contributed by atoms with Crippen molar-refractivity contribution >= 4 is 16.1 Å². The molecule has 10 heteroatoms. The van der Waals surface area contributed by atoms with E-state index in [2.05, 4.69) is 4.74 Å². The maximum atomic E-state index is 10.7. The molecule has 0 rings (SSSR count). The molecular formula is C6H11F3O6S. The van der Waals surface area contributed by atoms with Crippen LogP contribution in [0, 0.1) is 0 Å². The van der Waals surface area contributed by atoms with Crippen molar-refractivity contribution < 1.29 is 40.8 Å². The average molecular weight is 268 g/mol. The van der Waals surface area contributed by atoms with E-state index < -0.39 is 27.7 Å². The van der Waals surface area contributed by atoms with Gasteiger partial charge in [0.2, 0.25) is 0 Å². The van der Waals surface area contributed by atoms with Gasteiger partial charge in [0.1, 0.15) is 6.10 Å². The Hall–Kier alpha value is -0.870. The van der Waals surface area contributed by atoms with Gasteiger partial charge in [-0.3, -0.25) is 4.55 Å². The van der Waals surface area contributed by atoms with E-state index in [9.17, 15) is 18.0 Å². The zero-order valence-corrected chi connectivity index (χ0v) is 9.17. The lowest BCUT2D eigenvalue weighted by molar-refractivity contribution is -0.151. The maximum absolute atomic E-state index is 10.7. The molecule has 6 nitrogen and oxygen atoms in total. The third-order valence-corrected chi connectivity index (χ3v) is 1.51. The predicted octanol–water partition coefficient (Wildman–Crippen LogP) is 0.324. The third-order valence-electron chi connectivity index (χ3n) is 0.920. The van der Waals surface area contributed by atoms with Crippen LogP contribution in [0.3, 0.4) is 0 Å². The minimum atomic E-state index is -5.84. The number of ether oxygens (including phenoxy) is 1. The summed E-state index contributed by atoms with van der Waals surface area (Å²) in [5.74, 6) is -0.562. The second-order valence-electron chi connectivity index (χ2n) is 2.35. The van der Waals surface area contributed by atoms with E-state index in [1.807, 2.05) is 0 Å². The van der Waals surface area contributed by atoms with Crippen LogP contribution < -0.4 is 0 Å². The molecule has 0 amide bonds. The summed E-state index contributed by atoms with van der Waals surface area (Å²) in [4.78, 5) is 10.3. The van der Waals surface area contributed by atoms with Gasteiger partial charge in [0, 0.05) is 0 Å². The van der Waals surface area contributed by atoms with E-state index >= 15 is 0 Å². The fourth-order valence-corrected chi connectivity index (χ4v) is 0.263. The molecule has 1 unspecified atom stereocenters. The monoisotopic (exact) mass is 268 g/mol. The number of esters is 1. The molecule has 0 aromatic carbocycles. The molecule has 0 aliphatic heterocycles. The van der Waals surface area contributed by atoms with Gasteiger partial charge in [-0.05, 0) is 13.8 Å². The molecule has 0 aliphatic carbocycles. The van der Waals surface area contributed by atoms with E-state index in [4.69, 9.17) is 18.1 Å². The molecule has 0 heterocycles. The Balaban J connectivity index is 0. The molecule has 0 bridgehead atoms. The van der Waals surface area contributed by atoms with Gasteiger partial charge in [-0.2, -0.15) is 21.6 Å². The number of hydrogen-bond donors (Lipinski definition) is 2. The molecule has 0 aromatic rings. The highest BCUT2D eigenvalue weighted by Gasteiger charge is 2.44. The molecule has 0 aliphatic rings. The van der Waals surface area contributed by atoms with Crippen LogP contribution in [0.25, 0.3) is 0 Å². The highest BCUT2D eigenvalue weighted by molar-refractivity contribution is 7.86. The van der Waals surface area contributed by atoms with E-state index in [0.29, 0.717) is 6.61 Å². The van der Waals surface area contributed by atoms with Crippen molar-refractivity contribution in [3.05, 3.63) is 0 Å². The van der Waals surface area contributed by atoms with Crippen LogP contribution >= 0.6 is 0 Å². The Morgan fingerprint density at radius 3 is 1.81 bits per heavy atom. The first-order valence-electron chi connectivity index (χ1n) is 3.82. The van der Waals surface area contributed by atoms with Crippen molar-refractivity contribution in [2.45, 2.75) is 25.5 Å². The molecule has 0 saturated carbocycles. The molecule has 0 fully saturated rings. The summed E-state index contributed by atoms with van der Waals surface area (Å²) in [5, 5.41) is 8.48. The van der Waals surface area contributed by atoms with Gasteiger partial charge in [-0.15, -0.1) is 0 Å². The number of carbonyl (C=O) groups is 1. The van der Waals surface area contributed by atoms with Gasteiger partial charge in [-0.1, -0.05) is 0 Å². The van der Waals surface area contributed by atoms with Crippen LogP contribution in [0.1, 0.15) is 13.8 Å². The number of halogens is 3. The third kappa shape index (κ3) is 8.44. The molecule has 16 heavy (non-hydrogen) atoms. The molecule has 98 valence electrons. The number of hydrogen-bond acceptors (Lipinski definition) is 5. The van der Waals surface area contributed by atoms with Crippen molar-refractivity contribution in [1.82, 2.24) is 0 Å². The van der Waals surface area contributed by atoms with E-state index in [1.54, 1.807) is 6.92 Å². The lowest BCUT2D eigenvalue weighted by Gasteiger charge is -2.01. The second-order valence-corrected chi connectivity index (χ2v) is 3.76. The molecule has 0 spiro atoms. The second kappa shape index (κ2) is 6.66. The SMILES string of the molecule is CCOC(=O)C(C)O.O=S(=O)(O)C(F)(F)F. The van der Waals surface area contributed by atoms with Crippen molar-refractivity contribution in [3.8, 4) is 0 Å². The van der Waals surface area contributed by atoms with Crippen molar-refractivity contribution in [2.75, 3.05) is 6.61 Å². The smallest absolute Gasteiger partial charge is 0.464 e. The summed E-state index contributed by atoms with van der Waals surface area (Å²) in [6.45, 7) is 3.39. The number of aliphatic hydroxyl groups is 1. The lowest BCUT2D eigenvalue weighted by Crippen LogP contribution is -2.21. The number of carbonyl (C=O) groups excluding carboxylic acids is 1. The highest BCUT2D eigenvalue weighted by Crippen LogP contribution is 2.20. The van der Waals surface area contributed by atoms with Crippen LogP contribution in [0.5, 0.6) is 0 Å². The Kier molecular flexibility index (Phi) is 7.29. The quantitative estimate of drug-likeness (QED) is 0.425. The van der Waals surface area contributed by atoms with Gasteiger partial charge in [0.25, 0.3) is 0 Å². The minimum absolute atomic E-state index is 0.323. The summed E-state index contributed by atoms with van der Waals surface area (Å²) in [5.41, 5.74) is -5.53. The Morgan fingerprint density at radius 2 is 1.75 bits per heavy atom. The fraction of sp³-hybridized carbons (Fsp3) is 0.833. The first kappa shape index (κ1) is 17.5. The van der Waals surface area contributed by atoms with Crippen LogP contribution in [0.15, 0.2) is 0 Å². The average Bonchev–Trinajstić information content (AvgIpc) is 2.01. The first-order valence-corrected chi connectivity index (χ1v) is 5.26. The van der Waals surface area contributed by atoms with Crippen molar-refractivity contribution in [3.63, 3.8) is 0 Å². The summed E-state index contributed by atoms with van der Waals surface area (Å²) in [6, 6.07) is 0. The van der Waals surface area contributed by atoms with E-state index in [0.717, 1.165) is 0 Å². The highest BCUT2D eigenvalue weighted by atomic mass is 32.2. The maximum Gasteiger partial charge on any atom is 0.522 e. The zero-order valence-electron chi connectivity index (χ0n) is 8.35. The van der Waals surface area contributed by atoms with Crippen LogP contribution in [-0.2, 0) is 19.6 Å². The molecule has 2 N–H and O–H groups in total. The van der Waals surface area contributed by atoms with Crippen LogP contribution in [0.2, 0.25) is 0 Å². The van der Waals surface area contributed by atoms with Crippen molar-refractivity contribution in [2.24, 2.45) is 0 Å². The zero-order chi connectivity index (χ0) is 13.6. The van der Waals surface area contributed by atoms with Crippen LogP contribution in [0.4, 0.5) is 13.2 Å². The number of aliphatic hydroxyl groups excluding tert-OH is 1. The molecule has 0 saturated heterocycles. The topological polar surface area (TPSA) is 101 Å². The minimum Gasteiger partial charge on any atom is -0.464 e. The normalized spacial score (nSPS) is 13.4.